The lowest BCUT2D eigenvalue weighted by atomic mass is 10.0. The largest absolute Gasteiger partial charge is 0.472 e. The molecule has 0 aliphatic carbocycles. The highest BCUT2D eigenvalue weighted by atomic mass is 31.2. The second-order valence-corrected chi connectivity index (χ2v) is 14.0. The van der Waals surface area contributed by atoms with E-state index in [4.69, 9.17) is 13.8 Å². The maximum atomic E-state index is 12.0. The Balaban J connectivity index is 3.42. The Morgan fingerprint density at radius 3 is 1.47 bits per heavy atom. The number of phosphoric ester groups is 1. The van der Waals surface area contributed by atoms with E-state index in [1.807, 2.05) is 6.92 Å². The fourth-order valence-corrected chi connectivity index (χ4v) is 5.94. The summed E-state index contributed by atoms with van der Waals surface area (Å²) in [6.45, 7) is 3.29. The van der Waals surface area contributed by atoms with Crippen molar-refractivity contribution in [3.05, 3.63) is 0 Å². The maximum absolute atomic E-state index is 12.0. The van der Waals surface area contributed by atoms with Crippen molar-refractivity contribution in [3.8, 4) is 0 Å². The number of nitrogens with one attached hydrogen (secondary N) is 1. The van der Waals surface area contributed by atoms with Crippen molar-refractivity contribution in [1.29, 1.82) is 0 Å². The van der Waals surface area contributed by atoms with Gasteiger partial charge in [0.2, 0.25) is 5.91 Å². The van der Waals surface area contributed by atoms with Crippen LogP contribution < -0.4 is 5.32 Å². The van der Waals surface area contributed by atoms with Gasteiger partial charge in [-0.2, -0.15) is 0 Å². The molecule has 268 valence electrons. The lowest BCUT2D eigenvalue weighted by Gasteiger charge is -2.15. The van der Waals surface area contributed by atoms with Crippen LogP contribution in [-0.2, 0) is 27.9 Å². The van der Waals surface area contributed by atoms with Crippen LogP contribution in [0.3, 0.4) is 0 Å². The van der Waals surface area contributed by atoms with Crippen molar-refractivity contribution in [2.75, 3.05) is 26.4 Å². The molecule has 0 rings (SSSR count). The number of esters is 1. The number of hydrogen-bond donors (Lipinski definition) is 3. The van der Waals surface area contributed by atoms with Crippen LogP contribution in [0.4, 0.5) is 0 Å². The van der Waals surface area contributed by atoms with Gasteiger partial charge in [0.1, 0.15) is 12.7 Å². The summed E-state index contributed by atoms with van der Waals surface area (Å²) in [5, 5.41) is 12.4. The summed E-state index contributed by atoms with van der Waals surface area (Å²) < 4.78 is 26.3. The van der Waals surface area contributed by atoms with Gasteiger partial charge in [0.15, 0.2) is 0 Å². The van der Waals surface area contributed by atoms with E-state index in [0.717, 1.165) is 25.7 Å². The fourth-order valence-electron chi connectivity index (χ4n) is 5.18. The monoisotopic (exact) mass is 663 g/mol. The van der Waals surface area contributed by atoms with Crippen molar-refractivity contribution in [2.45, 2.75) is 187 Å². The van der Waals surface area contributed by atoms with E-state index in [9.17, 15) is 24.2 Å². The van der Waals surface area contributed by atoms with Crippen molar-refractivity contribution in [3.63, 3.8) is 0 Å². The summed E-state index contributed by atoms with van der Waals surface area (Å²) in [6, 6.07) is 0. The minimum Gasteiger partial charge on any atom is -0.463 e. The summed E-state index contributed by atoms with van der Waals surface area (Å²) in [6.07, 6.45) is 30.3. The number of amides is 1. The predicted molar refractivity (Wildman–Crippen MR) is 183 cm³/mol. The number of carbonyl (C=O) groups excluding carboxylic acids is 2. The molecule has 0 aliphatic rings. The smallest absolute Gasteiger partial charge is 0.463 e. The Kier molecular flexibility index (Phi) is 32.2. The summed E-state index contributed by atoms with van der Waals surface area (Å²) >= 11 is 0. The molecule has 2 atom stereocenters. The Hall–Kier alpha value is -0.990. The molecule has 0 aliphatic heterocycles. The van der Waals surface area contributed by atoms with Gasteiger partial charge >= 0.3 is 13.8 Å². The Bertz CT molecular complexity index is 724. The van der Waals surface area contributed by atoms with Gasteiger partial charge in [-0.3, -0.25) is 18.6 Å². The van der Waals surface area contributed by atoms with Gasteiger partial charge in [-0.25, -0.2) is 4.57 Å². The van der Waals surface area contributed by atoms with Crippen molar-refractivity contribution in [2.24, 2.45) is 0 Å². The molecule has 0 spiro atoms. The average Bonchev–Trinajstić information content (AvgIpc) is 3.02. The highest BCUT2D eigenvalue weighted by Gasteiger charge is 2.23. The van der Waals surface area contributed by atoms with E-state index in [1.54, 1.807) is 0 Å². The van der Waals surface area contributed by atoms with Crippen molar-refractivity contribution >= 4 is 19.7 Å². The minimum absolute atomic E-state index is 0.0870. The van der Waals surface area contributed by atoms with Gasteiger partial charge in [0, 0.05) is 19.4 Å². The fraction of sp³-hybridized carbons (Fsp3) is 0.943. The van der Waals surface area contributed by atoms with Crippen LogP contribution in [0, 0.1) is 0 Å². The van der Waals surface area contributed by atoms with Crippen LogP contribution in [0.25, 0.3) is 0 Å². The highest BCUT2D eigenvalue weighted by molar-refractivity contribution is 7.47. The quantitative estimate of drug-likeness (QED) is 0.0347. The number of aliphatic hydroxyl groups is 1. The zero-order valence-corrected chi connectivity index (χ0v) is 30.0. The molecule has 0 aromatic heterocycles. The van der Waals surface area contributed by atoms with Crippen LogP contribution in [0.15, 0.2) is 0 Å². The Morgan fingerprint density at radius 1 is 0.600 bits per heavy atom. The second-order valence-electron chi connectivity index (χ2n) is 12.6. The first-order chi connectivity index (χ1) is 21.8. The van der Waals surface area contributed by atoms with Gasteiger partial charge in [-0.1, -0.05) is 155 Å². The number of unbranched alkanes of at least 4 members (excludes halogenated alkanes) is 22. The zero-order valence-electron chi connectivity index (χ0n) is 29.1. The molecule has 2 unspecified atom stereocenters. The van der Waals surface area contributed by atoms with Crippen LogP contribution in [0.5, 0.6) is 0 Å². The second kappa shape index (κ2) is 32.9. The number of phosphoric acid groups is 1. The molecule has 0 saturated carbocycles. The van der Waals surface area contributed by atoms with Crippen LogP contribution in [-0.4, -0.2) is 54.3 Å². The first-order valence-corrected chi connectivity index (χ1v) is 20.0. The molecule has 0 aromatic carbocycles. The van der Waals surface area contributed by atoms with Gasteiger partial charge in [-0.15, -0.1) is 0 Å². The summed E-state index contributed by atoms with van der Waals surface area (Å²) in [7, 11) is -4.38. The summed E-state index contributed by atoms with van der Waals surface area (Å²) in [4.78, 5) is 33.1. The van der Waals surface area contributed by atoms with E-state index in [-0.39, 0.29) is 32.1 Å². The van der Waals surface area contributed by atoms with Gasteiger partial charge in [0.25, 0.3) is 0 Å². The first-order valence-electron chi connectivity index (χ1n) is 18.5. The first kappa shape index (κ1) is 44.0. The Morgan fingerprint density at radius 2 is 1.02 bits per heavy atom. The van der Waals surface area contributed by atoms with Crippen LogP contribution >= 0.6 is 7.82 Å². The van der Waals surface area contributed by atoms with Crippen molar-refractivity contribution in [1.82, 2.24) is 5.32 Å². The zero-order chi connectivity index (χ0) is 33.3. The highest BCUT2D eigenvalue weighted by Crippen LogP contribution is 2.42. The number of rotatable bonds is 35. The van der Waals surface area contributed by atoms with E-state index in [1.165, 1.54) is 122 Å². The van der Waals surface area contributed by atoms with Gasteiger partial charge < -0.3 is 20.1 Å². The molecule has 0 radical (unpaired) electrons. The number of carbonyl (C=O) groups is 2. The summed E-state index contributed by atoms with van der Waals surface area (Å²) in [5.41, 5.74) is 0. The standard InChI is InChI=1S/C35H70NO8P/c1-3-5-7-8-9-10-11-12-13-14-15-16-17-18-19-20-21-22-23-24-25-26-27-34(38)36-29-30-43-45(40,41)44-32-33(37)31-42-35(39)28-6-4-2/h33,37H,3-32H2,1-2H3,(H,36,38)(H,40,41). The van der Waals surface area contributed by atoms with E-state index < -0.39 is 26.5 Å². The normalized spacial score (nSPS) is 13.4. The molecule has 3 N–H and O–H groups in total. The third kappa shape index (κ3) is 34.2. The molecule has 45 heavy (non-hydrogen) atoms. The molecule has 0 saturated heterocycles. The molecule has 0 bridgehead atoms. The molecule has 0 fully saturated rings. The Labute approximate surface area is 275 Å². The lowest BCUT2D eigenvalue weighted by molar-refractivity contribution is -0.147. The molecule has 9 nitrogen and oxygen atoms in total. The average molecular weight is 664 g/mol. The molecular formula is C35H70NO8P. The number of ether oxygens (including phenoxy) is 1. The van der Waals surface area contributed by atoms with Crippen molar-refractivity contribution < 1.29 is 37.9 Å². The molecule has 1 amide bonds. The molecule has 0 aromatic rings. The van der Waals surface area contributed by atoms with Gasteiger partial charge in [-0.05, 0) is 12.8 Å². The van der Waals surface area contributed by atoms with Gasteiger partial charge in [0.05, 0.1) is 13.2 Å². The van der Waals surface area contributed by atoms with E-state index in [2.05, 4.69) is 12.2 Å². The number of aliphatic hydroxyl groups excluding tert-OH is 1. The van der Waals surface area contributed by atoms with Crippen LogP contribution in [0.1, 0.15) is 181 Å². The van der Waals surface area contributed by atoms with Crippen LogP contribution in [0.2, 0.25) is 0 Å². The topological polar surface area (TPSA) is 131 Å². The summed E-state index contributed by atoms with van der Waals surface area (Å²) in [5.74, 6) is -0.545. The third-order valence-electron chi connectivity index (χ3n) is 8.04. The molecule has 10 heteroatoms. The maximum Gasteiger partial charge on any atom is 0.472 e. The third-order valence-corrected chi connectivity index (χ3v) is 9.02. The predicted octanol–water partition coefficient (Wildman–Crippen LogP) is 9.32. The molecule has 0 heterocycles. The van der Waals surface area contributed by atoms with E-state index >= 15 is 0 Å². The minimum atomic E-state index is -4.38. The lowest BCUT2D eigenvalue weighted by Crippen LogP contribution is -2.27. The number of hydrogen-bond acceptors (Lipinski definition) is 7. The molecular weight excluding hydrogens is 593 g/mol. The SMILES string of the molecule is CCCCCCCCCCCCCCCCCCCCCCCCC(=O)NCCOP(=O)(O)OCC(O)COC(=O)CCCC. The van der Waals surface area contributed by atoms with E-state index in [0.29, 0.717) is 12.8 Å².